The van der Waals surface area contributed by atoms with Crippen molar-refractivity contribution in [2.24, 2.45) is 4.99 Å². The van der Waals surface area contributed by atoms with E-state index < -0.39 is 0 Å². The molecule has 1 N–H and O–H groups in total. The molecule has 1 aromatic heterocycles. The zero-order chi connectivity index (χ0) is 17.6. The van der Waals surface area contributed by atoms with Crippen LogP contribution in [0.5, 0.6) is 0 Å². The van der Waals surface area contributed by atoms with Gasteiger partial charge in [-0.3, -0.25) is 9.89 Å². The van der Waals surface area contributed by atoms with Crippen LogP contribution in [0.2, 0.25) is 0 Å². The molecule has 1 aromatic carbocycles. The molecule has 0 amide bonds. The van der Waals surface area contributed by atoms with E-state index in [-0.39, 0.29) is 0 Å². The Bertz CT molecular complexity index is 682. The van der Waals surface area contributed by atoms with Crippen LogP contribution in [0.1, 0.15) is 21.1 Å². The van der Waals surface area contributed by atoms with Gasteiger partial charge in [0.2, 0.25) is 0 Å². The van der Waals surface area contributed by atoms with Gasteiger partial charge in [0.1, 0.15) is 5.01 Å². The molecule has 2 heterocycles. The lowest BCUT2D eigenvalue weighted by molar-refractivity contribution is 0.172. The van der Waals surface area contributed by atoms with Gasteiger partial charge in [-0.05, 0) is 19.4 Å². The SMILES string of the molecule is CN=C(NCc1nc(C)c(C)s1)N1CCN(Cc2ccccc2)CC1. The Morgan fingerprint density at radius 1 is 1.16 bits per heavy atom. The topological polar surface area (TPSA) is 43.8 Å². The van der Waals surface area contributed by atoms with E-state index in [2.05, 4.69) is 69.3 Å². The number of nitrogens with zero attached hydrogens (tertiary/aromatic N) is 4. The van der Waals surface area contributed by atoms with Gasteiger partial charge in [-0.2, -0.15) is 0 Å². The first-order chi connectivity index (χ1) is 12.2. The number of aliphatic imine (C=N–C) groups is 1. The van der Waals surface area contributed by atoms with Crippen molar-refractivity contribution in [1.82, 2.24) is 20.1 Å². The highest BCUT2D eigenvalue weighted by atomic mass is 32.1. The molecule has 134 valence electrons. The van der Waals surface area contributed by atoms with Crippen molar-refractivity contribution in [3.05, 3.63) is 51.5 Å². The minimum absolute atomic E-state index is 0.746. The number of aromatic nitrogens is 1. The molecule has 2 aromatic rings. The van der Waals surface area contributed by atoms with Crippen molar-refractivity contribution in [3.8, 4) is 0 Å². The van der Waals surface area contributed by atoms with Gasteiger partial charge in [-0.25, -0.2) is 4.98 Å². The fraction of sp³-hybridized carbons (Fsp3) is 0.474. The molecular weight excluding hydrogens is 330 g/mol. The second-order valence-electron chi connectivity index (χ2n) is 6.40. The lowest BCUT2D eigenvalue weighted by Gasteiger charge is -2.36. The van der Waals surface area contributed by atoms with Gasteiger partial charge in [0.15, 0.2) is 5.96 Å². The van der Waals surface area contributed by atoms with Gasteiger partial charge < -0.3 is 10.2 Å². The summed E-state index contributed by atoms with van der Waals surface area (Å²) >= 11 is 1.76. The molecule has 1 aliphatic heterocycles. The molecule has 1 fully saturated rings. The average molecular weight is 358 g/mol. The van der Waals surface area contributed by atoms with Crippen LogP contribution in [0.15, 0.2) is 35.3 Å². The van der Waals surface area contributed by atoms with Crippen LogP contribution < -0.4 is 5.32 Å². The number of hydrogen-bond donors (Lipinski definition) is 1. The van der Waals surface area contributed by atoms with Crippen LogP contribution in [0, 0.1) is 13.8 Å². The second kappa shape index (κ2) is 8.45. The lowest BCUT2D eigenvalue weighted by atomic mass is 10.2. The Morgan fingerprint density at radius 2 is 1.88 bits per heavy atom. The normalized spacial score (nSPS) is 16.3. The molecule has 6 heteroatoms. The van der Waals surface area contributed by atoms with Crippen molar-refractivity contribution < 1.29 is 0 Å². The molecule has 3 rings (SSSR count). The summed E-state index contributed by atoms with van der Waals surface area (Å²) in [7, 11) is 1.86. The summed E-state index contributed by atoms with van der Waals surface area (Å²) in [6.45, 7) is 10.1. The summed E-state index contributed by atoms with van der Waals surface area (Å²) < 4.78 is 0. The highest BCUT2D eigenvalue weighted by Crippen LogP contribution is 2.16. The minimum Gasteiger partial charge on any atom is -0.350 e. The Kier molecular flexibility index (Phi) is 6.04. The highest BCUT2D eigenvalue weighted by Gasteiger charge is 2.19. The van der Waals surface area contributed by atoms with E-state index in [0.29, 0.717) is 0 Å². The summed E-state index contributed by atoms with van der Waals surface area (Å²) in [6.07, 6.45) is 0. The molecule has 0 saturated carbocycles. The van der Waals surface area contributed by atoms with Crippen molar-refractivity contribution in [1.29, 1.82) is 0 Å². The first-order valence-electron chi connectivity index (χ1n) is 8.80. The van der Waals surface area contributed by atoms with Crippen LogP contribution >= 0.6 is 11.3 Å². The number of guanidine groups is 1. The third-order valence-corrected chi connectivity index (χ3v) is 5.68. The summed E-state index contributed by atoms with van der Waals surface area (Å²) in [4.78, 5) is 15.2. The van der Waals surface area contributed by atoms with E-state index in [4.69, 9.17) is 0 Å². The predicted molar refractivity (Wildman–Crippen MR) is 105 cm³/mol. The van der Waals surface area contributed by atoms with Gasteiger partial charge >= 0.3 is 0 Å². The van der Waals surface area contributed by atoms with Gasteiger partial charge in [-0.1, -0.05) is 30.3 Å². The summed E-state index contributed by atoms with van der Waals surface area (Å²) in [5.74, 6) is 0.977. The van der Waals surface area contributed by atoms with Crippen molar-refractivity contribution in [3.63, 3.8) is 0 Å². The predicted octanol–water partition coefficient (Wildman–Crippen LogP) is 2.65. The maximum Gasteiger partial charge on any atom is 0.194 e. The molecule has 0 atom stereocenters. The fourth-order valence-corrected chi connectivity index (χ4v) is 3.93. The molecule has 0 spiro atoms. The molecule has 1 aliphatic rings. The Morgan fingerprint density at radius 3 is 2.48 bits per heavy atom. The third kappa shape index (κ3) is 4.80. The number of hydrogen-bond acceptors (Lipinski definition) is 4. The van der Waals surface area contributed by atoms with Crippen LogP contribution in [-0.2, 0) is 13.1 Å². The highest BCUT2D eigenvalue weighted by molar-refractivity contribution is 7.11. The number of rotatable bonds is 4. The summed E-state index contributed by atoms with van der Waals surface area (Å²) in [6, 6.07) is 10.7. The molecule has 0 bridgehead atoms. The van der Waals surface area contributed by atoms with E-state index >= 15 is 0 Å². The molecule has 25 heavy (non-hydrogen) atoms. The summed E-state index contributed by atoms with van der Waals surface area (Å²) in [5.41, 5.74) is 2.51. The van der Waals surface area contributed by atoms with Crippen molar-refractivity contribution in [2.45, 2.75) is 26.9 Å². The van der Waals surface area contributed by atoms with Crippen LogP contribution in [-0.4, -0.2) is 54.0 Å². The average Bonchev–Trinajstić information content (AvgIpc) is 2.95. The maximum atomic E-state index is 4.59. The third-order valence-electron chi connectivity index (χ3n) is 4.60. The molecule has 0 unspecified atom stereocenters. The Hall–Kier alpha value is -1.92. The van der Waals surface area contributed by atoms with Gasteiger partial charge in [0.25, 0.3) is 0 Å². The molecule has 0 radical (unpaired) electrons. The first kappa shape index (κ1) is 17.9. The standard InChI is InChI=1S/C19H27N5S/c1-15-16(2)25-18(22-15)13-21-19(20-3)24-11-9-23(10-12-24)14-17-7-5-4-6-8-17/h4-8H,9-14H2,1-3H3,(H,20,21). The lowest BCUT2D eigenvalue weighted by Crippen LogP contribution is -2.52. The fourth-order valence-electron chi connectivity index (χ4n) is 3.06. The zero-order valence-corrected chi connectivity index (χ0v) is 16.1. The second-order valence-corrected chi connectivity index (χ2v) is 7.69. The molecular formula is C19H27N5S. The van der Waals surface area contributed by atoms with E-state index in [0.717, 1.165) is 55.9 Å². The van der Waals surface area contributed by atoms with Crippen LogP contribution in [0.4, 0.5) is 0 Å². The largest absolute Gasteiger partial charge is 0.350 e. The van der Waals surface area contributed by atoms with Crippen LogP contribution in [0.25, 0.3) is 0 Å². The van der Waals surface area contributed by atoms with E-state index in [9.17, 15) is 0 Å². The van der Waals surface area contributed by atoms with Crippen molar-refractivity contribution in [2.75, 3.05) is 33.2 Å². The Balaban J connectivity index is 1.48. The Labute approximate surface area is 154 Å². The quantitative estimate of drug-likeness (QED) is 0.675. The minimum atomic E-state index is 0.746. The maximum absolute atomic E-state index is 4.59. The number of benzene rings is 1. The van der Waals surface area contributed by atoms with E-state index in [1.54, 1.807) is 11.3 Å². The van der Waals surface area contributed by atoms with Crippen LogP contribution in [0.3, 0.4) is 0 Å². The monoisotopic (exact) mass is 357 g/mol. The van der Waals surface area contributed by atoms with Gasteiger partial charge in [-0.15, -0.1) is 11.3 Å². The molecule has 1 saturated heterocycles. The van der Waals surface area contributed by atoms with Crippen molar-refractivity contribution >= 4 is 17.3 Å². The smallest absolute Gasteiger partial charge is 0.194 e. The number of nitrogens with one attached hydrogen (secondary N) is 1. The summed E-state index contributed by atoms with van der Waals surface area (Å²) in [5, 5.41) is 4.59. The number of piperazine rings is 1. The van der Waals surface area contributed by atoms with E-state index in [1.807, 2.05) is 7.05 Å². The number of aryl methyl sites for hydroxylation is 2. The zero-order valence-electron chi connectivity index (χ0n) is 15.3. The number of thiazole rings is 1. The first-order valence-corrected chi connectivity index (χ1v) is 9.62. The molecule has 0 aliphatic carbocycles. The van der Waals surface area contributed by atoms with Gasteiger partial charge in [0, 0.05) is 44.6 Å². The van der Waals surface area contributed by atoms with Gasteiger partial charge in [0.05, 0.1) is 12.2 Å². The molecule has 5 nitrogen and oxygen atoms in total. The van der Waals surface area contributed by atoms with E-state index in [1.165, 1.54) is 10.4 Å².